The van der Waals surface area contributed by atoms with Crippen LogP contribution in [0.5, 0.6) is 0 Å². The Morgan fingerprint density at radius 3 is 0.667 bits per heavy atom. The molecule has 0 aromatic carbocycles. The van der Waals surface area contributed by atoms with Crippen LogP contribution >= 0.6 is 0 Å². The van der Waals surface area contributed by atoms with Gasteiger partial charge in [0.15, 0.2) is 0 Å². The zero-order chi connectivity index (χ0) is 27.9. The lowest BCUT2D eigenvalue weighted by atomic mass is 10.0. The summed E-state index contributed by atoms with van der Waals surface area (Å²) in [6, 6.07) is 0. The molecule has 10 heteroatoms. The van der Waals surface area contributed by atoms with Gasteiger partial charge in [0, 0.05) is 12.8 Å². The molecule has 0 heterocycles. The molecule has 0 saturated heterocycles. The van der Waals surface area contributed by atoms with Crippen LogP contribution in [0.15, 0.2) is 0 Å². The molecule has 218 valence electrons. The van der Waals surface area contributed by atoms with E-state index in [2.05, 4.69) is 0 Å². The topological polar surface area (TPSA) is 196 Å². The third-order valence-electron chi connectivity index (χ3n) is 5.37. The fraction of sp³-hybridized carbons (Fsp3) is 0.923. The largest absolute Gasteiger partial charge is 0.481 e. The molecule has 0 aliphatic rings. The minimum Gasteiger partial charge on any atom is -0.481 e. The Kier molecular flexibility index (Phi) is 36.7. The Morgan fingerprint density at radius 1 is 0.389 bits per heavy atom. The van der Waals surface area contributed by atoms with Crippen LogP contribution in [0.25, 0.3) is 0 Å². The van der Waals surface area contributed by atoms with Crippen molar-refractivity contribution >= 4 is 11.9 Å². The van der Waals surface area contributed by atoms with Crippen LogP contribution in [0.3, 0.4) is 0 Å². The van der Waals surface area contributed by atoms with E-state index in [1.165, 1.54) is 77.0 Å². The Balaban J connectivity index is -0.000000742. The van der Waals surface area contributed by atoms with Crippen LogP contribution in [-0.2, 0) is 9.59 Å². The summed E-state index contributed by atoms with van der Waals surface area (Å²) in [6.45, 7) is -1.46. The first-order valence-corrected chi connectivity index (χ1v) is 13.5. The fourth-order valence-electron chi connectivity index (χ4n) is 3.14. The van der Waals surface area contributed by atoms with Gasteiger partial charge in [-0.15, -0.1) is 0 Å². The van der Waals surface area contributed by atoms with Crippen molar-refractivity contribution in [1.82, 2.24) is 0 Å². The van der Waals surface area contributed by atoms with Crippen molar-refractivity contribution in [3.05, 3.63) is 0 Å². The van der Waals surface area contributed by atoms with E-state index in [-0.39, 0.29) is 26.4 Å². The normalized spacial score (nSPS) is 10.6. The number of unbranched alkanes of at least 4 members (excludes halogenated alkanes) is 15. The van der Waals surface area contributed by atoms with Gasteiger partial charge in [-0.2, -0.15) is 0 Å². The highest BCUT2D eigenvalue weighted by Gasteiger charge is 1.98. The van der Waals surface area contributed by atoms with Crippen LogP contribution in [0.1, 0.15) is 116 Å². The van der Waals surface area contributed by atoms with Gasteiger partial charge >= 0.3 is 11.9 Å². The number of carboxylic acid groups (broad SMARTS) is 2. The quantitative estimate of drug-likeness (QED) is 0.0916. The van der Waals surface area contributed by atoms with E-state index in [4.69, 9.17) is 40.9 Å². The van der Waals surface area contributed by atoms with Crippen molar-refractivity contribution in [2.75, 3.05) is 26.4 Å². The van der Waals surface area contributed by atoms with Crippen LogP contribution in [-0.4, -0.2) is 91.4 Å². The number of rotatable bonds is 23. The number of hydrogen-bond donors (Lipinski definition) is 8. The summed E-state index contributed by atoms with van der Waals surface area (Å²) < 4.78 is 0. The second-order valence-electron chi connectivity index (χ2n) is 8.98. The van der Waals surface area contributed by atoms with Crippen LogP contribution in [0.2, 0.25) is 0 Å². The molecule has 0 atom stereocenters. The predicted octanol–water partition coefficient (Wildman–Crippen LogP) is 2.84. The van der Waals surface area contributed by atoms with Crippen LogP contribution < -0.4 is 0 Å². The number of aliphatic hydroxyl groups excluding tert-OH is 6. The second kappa shape index (κ2) is 33.7. The third kappa shape index (κ3) is 42.8. The maximum Gasteiger partial charge on any atom is 0.303 e. The van der Waals surface area contributed by atoms with Gasteiger partial charge in [-0.3, -0.25) is 9.59 Å². The molecular weight excluding hydrogens is 472 g/mol. The zero-order valence-electron chi connectivity index (χ0n) is 22.1. The molecule has 0 spiro atoms. The Morgan fingerprint density at radius 2 is 0.556 bits per heavy atom. The van der Waals surface area contributed by atoms with E-state index in [1.807, 2.05) is 0 Å². The SMILES string of the molecule is O=C(O)CCCCCCCCCCCCCCCCCCC(=O)O.OCC(O)CO.OCC(O)CO. The standard InChI is InChI=1S/C20H38O4.2C3H8O3/c21-19(22)17-15-13-11-9-7-5-3-1-2-4-6-8-10-12-14-16-18-20(23)24;2*4-1-3(6)2-5/h1-18H2,(H,21,22)(H,23,24);2*3-6H,1-2H2. The third-order valence-corrected chi connectivity index (χ3v) is 5.37. The molecule has 0 aromatic heterocycles. The fourth-order valence-corrected chi connectivity index (χ4v) is 3.14. The zero-order valence-corrected chi connectivity index (χ0v) is 22.1. The molecule has 0 radical (unpaired) electrons. The maximum absolute atomic E-state index is 10.4. The number of aliphatic hydroxyl groups is 6. The van der Waals surface area contributed by atoms with Crippen molar-refractivity contribution in [3.63, 3.8) is 0 Å². The van der Waals surface area contributed by atoms with Crippen molar-refractivity contribution in [3.8, 4) is 0 Å². The number of hydrogen-bond acceptors (Lipinski definition) is 8. The molecule has 0 rings (SSSR count). The highest BCUT2D eigenvalue weighted by molar-refractivity contribution is 5.66. The van der Waals surface area contributed by atoms with E-state index in [1.54, 1.807) is 0 Å². The molecule has 0 aliphatic heterocycles. The van der Waals surface area contributed by atoms with E-state index in [0.717, 1.165) is 25.7 Å². The van der Waals surface area contributed by atoms with Gasteiger partial charge in [0.05, 0.1) is 26.4 Å². The summed E-state index contributed by atoms with van der Waals surface area (Å²) in [6.07, 6.45) is 18.0. The molecular formula is C26H54O10. The Bertz CT molecular complexity index is 400. The average molecular weight is 527 g/mol. The highest BCUT2D eigenvalue weighted by Crippen LogP contribution is 2.14. The molecule has 0 aromatic rings. The van der Waals surface area contributed by atoms with Crippen LogP contribution in [0.4, 0.5) is 0 Å². The first-order valence-electron chi connectivity index (χ1n) is 13.5. The monoisotopic (exact) mass is 526 g/mol. The lowest BCUT2D eigenvalue weighted by molar-refractivity contribution is -0.138. The van der Waals surface area contributed by atoms with Crippen LogP contribution in [0, 0.1) is 0 Å². The summed E-state index contributed by atoms with van der Waals surface area (Å²) in [4.78, 5) is 20.7. The molecule has 8 N–H and O–H groups in total. The average Bonchev–Trinajstić information content (AvgIpc) is 2.87. The number of aliphatic carboxylic acids is 2. The first-order chi connectivity index (χ1) is 17.2. The lowest BCUT2D eigenvalue weighted by Crippen LogP contribution is -2.15. The summed E-state index contributed by atoms with van der Waals surface area (Å²) in [5.74, 6) is -1.35. The van der Waals surface area contributed by atoms with Gasteiger partial charge < -0.3 is 40.9 Å². The van der Waals surface area contributed by atoms with E-state index in [0.29, 0.717) is 12.8 Å². The maximum atomic E-state index is 10.4. The van der Waals surface area contributed by atoms with Gasteiger partial charge in [-0.25, -0.2) is 0 Å². The molecule has 0 aliphatic carbocycles. The number of carboxylic acids is 2. The summed E-state index contributed by atoms with van der Waals surface area (Å²) in [7, 11) is 0. The molecule has 0 unspecified atom stereocenters. The molecule has 0 fully saturated rings. The first kappa shape index (κ1) is 39.2. The van der Waals surface area contributed by atoms with Gasteiger partial charge in [0.2, 0.25) is 0 Å². The summed E-state index contributed by atoms with van der Waals surface area (Å²) >= 11 is 0. The minimum absolute atomic E-state index is 0.322. The van der Waals surface area contributed by atoms with E-state index >= 15 is 0 Å². The summed E-state index contributed by atoms with van der Waals surface area (Å²) in [5.41, 5.74) is 0. The Hall–Kier alpha value is -1.30. The molecule has 36 heavy (non-hydrogen) atoms. The van der Waals surface area contributed by atoms with Gasteiger partial charge in [0.1, 0.15) is 12.2 Å². The van der Waals surface area contributed by atoms with E-state index < -0.39 is 24.1 Å². The van der Waals surface area contributed by atoms with Gasteiger partial charge in [0.25, 0.3) is 0 Å². The predicted molar refractivity (Wildman–Crippen MR) is 139 cm³/mol. The second-order valence-corrected chi connectivity index (χ2v) is 8.98. The molecule has 10 nitrogen and oxygen atoms in total. The van der Waals surface area contributed by atoms with Crippen molar-refractivity contribution in [2.45, 2.75) is 128 Å². The smallest absolute Gasteiger partial charge is 0.303 e. The molecule has 0 saturated carbocycles. The van der Waals surface area contributed by atoms with Gasteiger partial charge in [-0.1, -0.05) is 89.9 Å². The lowest BCUT2D eigenvalue weighted by Gasteiger charge is -2.03. The Labute approximate surface area is 217 Å². The number of carbonyl (C=O) groups is 2. The van der Waals surface area contributed by atoms with E-state index in [9.17, 15) is 9.59 Å². The minimum atomic E-state index is -0.954. The highest BCUT2D eigenvalue weighted by atomic mass is 16.4. The van der Waals surface area contributed by atoms with Crippen molar-refractivity contribution in [2.24, 2.45) is 0 Å². The summed E-state index contributed by atoms with van der Waals surface area (Å²) in [5, 5.41) is 65.1. The van der Waals surface area contributed by atoms with Crippen molar-refractivity contribution < 1.29 is 50.4 Å². The molecule has 0 bridgehead atoms. The van der Waals surface area contributed by atoms with Crippen molar-refractivity contribution in [1.29, 1.82) is 0 Å². The molecule has 0 amide bonds. The van der Waals surface area contributed by atoms with Gasteiger partial charge in [-0.05, 0) is 12.8 Å².